The molecule has 0 saturated heterocycles. The van der Waals surface area contributed by atoms with E-state index < -0.39 is 14.7 Å². The summed E-state index contributed by atoms with van der Waals surface area (Å²) in [4.78, 5) is 9.66. The predicted octanol–water partition coefficient (Wildman–Crippen LogP) is 5.11. The molecule has 0 amide bonds. The van der Waals surface area contributed by atoms with Crippen LogP contribution in [0.15, 0.2) is 0 Å². The first-order chi connectivity index (χ1) is 8.47. The zero-order chi connectivity index (χ0) is 15.9. The molecule has 0 unspecified atom stereocenters. The van der Waals surface area contributed by atoms with E-state index in [1.54, 1.807) is 13.3 Å². The Bertz CT molecular complexity index is 261. The molecule has 2 radical (unpaired) electrons. The predicted molar refractivity (Wildman–Crippen MR) is 93.5 cm³/mol. The fourth-order valence-corrected chi connectivity index (χ4v) is 1.35. The third kappa shape index (κ3) is 93.9. The first-order valence-corrected chi connectivity index (χ1v) is 12.0. The molecule has 0 aromatic rings. The second-order valence-corrected chi connectivity index (χ2v) is 10.3. The Morgan fingerprint density at radius 3 is 1.27 bits per heavy atom. The van der Waals surface area contributed by atoms with Gasteiger partial charge in [-0.15, -0.1) is 0 Å². The molecule has 136 valence electrons. The summed E-state index contributed by atoms with van der Waals surface area (Å²) in [7, 11) is -5.08. The molecule has 0 fully saturated rings. The van der Waals surface area contributed by atoms with Gasteiger partial charge in [0, 0.05) is 87.5 Å². The van der Waals surface area contributed by atoms with Crippen molar-refractivity contribution in [1.82, 2.24) is 0 Å². The zero-order valence-corrected chi connectivity index (χ0v) is 23.4. The third-order valence-electron chi connectivity index (χ3n) is 1.61. The van der Waals surface area contributed by atoms with Gasteiger partial charge in [-0.1, -0.05) is 46.5 Å². The van der Waals surface area contributed by atoms with Gasteiger partial charge in [-0.05, 0) is 19.8 Å². The van der Waals surface area contributed by atoms with Gasteiger partial charge in [0.15, 0.2) is 7.37 Å². The fourth-order valence-electron chi connectivity index (χ4n) is 0.782. The van der Waals surface area contributed by atoms with Gasteiger partial charge in [-0.25, -0.2) is 0 Å². The minimum absolute atomic E-state index is 0. The van der Waals surface area contributed by atoms with Gasteiger partial charge in [-0.3, -0.25) is 4.57 Å². The zero-order valence-electron chi connectivity index (χ0n) is 15.9. The maximum absolute atomic E-state index is 10.9. The van der Waals surface area contributed by atoms with Crippen molar-refractivity contribution in [3.63, 3.8) is 0 Å². The van der Waals surface area contributed by atoms with Crippen LogP contribution in [-0.4, -0.2) is 33.3 Å². The molecule has 0 bridgehead atoms. The Morgan fingerprint density at radius 1 is 0.864 bits per heavy atom. The molecule has 0 aliphatic carbocycles. The summed E-state index contributed by atoms with van der Waals surface area (Å²) in [5.74, 6) is 0. The van der Waals surface area contributed by atoms with E-state index in [1.807, 2.05) is 0 Å². The Labute approximate surface area is 191 Å². The van der Waals surface area contributed by atoms with Gasteiger partial charge in [0.1, 0.15) is 0 Å². The van der Waals surface area contributed by atoms with Crippen molar-refractivity contribution in [1.29, 1.82) is 0 Å². The maximum Gasteiger partial charge on any atom is 0.197 e. The van der Waals surface area contributed by atoms with Crippen molar-refractivity contribution in [2.45, 2.75) is 52.9 Å². The summed E-state index contributed by atoms with van der Waals surface area (Å²) < 4.78 is 25.6. The van der Waals surface area contributed by atoms with Crippen LogP contribution < -0.4 is 4.89 Å². The van der Waals surface area contributed by atoms with Crippen molar-refractivity contribution in [2.24, 2.45) is 0 Å². The second kappa shape index (κ2) is 25.8. The average molecular weight is 511 g/mol. The summed E-state index contributed by atoms with van der Waals surface area (Å²) in [6, 6.07) is 0. The van der Waals surface area contributed by atoms with Gasteiger partial charge in [0.05, 0.1) is 6.61 Å². The van der Waals surface area contributed by atoms with Crippen LogP contribution in [-0.2, 0) is 79.1 Å². The molecule has 22 heavy (non-hydrogen) atoms. The third-order valence-corrected chi connectivity index (χ3v) is 2.41. The van der Waals surface area contributed by atoms with E-state index in [-0.39, 0.29) is 74.3 Å². The Balaban J connectivity index is -0.0000000325. The molecule has 0 aliphatic heterocycles. The van der Waals surface area contributed by atoms with E-state index in [9.17, 15) is 14.0 Å². The van der Waals surface area contributed by atoms with Crippen LogP contribution in [0.5, 0.6) is 0 Å². The average Bonchev–Trinajstić information content (AvgIpc) is 2.15. The van der Waals surface area contributed by atoms with Crippen LogP contribution in [0.2, 0.25) is 0 Å². The summed E-state index contributed by atoms with van der Waals surface area (Å²) in [6.45, 7) is 12.8. The standard InChI is InChI=1S/C6H15O2P.C5H12.C2H7O2P.CH3.2Y.H2/c1-4-5-6-8-9(2,3)7;1-3-5-4-2;1-5(2,3)4;;;;/h4-6H2,1-3H3;3-5H2,1-2H3;1-2H3,(H,3,4);1H3;;;1H/q;;;-1;;;/p-1/i;;;;;;1+1. The largest absolute Gasteiger partial charge is 0.800 e. The van der Waals surface area contributed by atoms with Crippen molar-refractivity contribution >= 4 is 14.7 Å². The van der Waals surface area contributed by atoms with Crippen molar-refractivity contribution < 1.29 is 85.4 Å². The SMILES string of the molecule is CCCCC.CCCCOP(C)(C)=O.CP(C)(=O)[O-].[2HH].[CH3-].[Y].[Y]. The summed E-state index contributed by atoms with van der Waals surface area (Å²) in [5, 5.41) is 0. The molecular formula is C14H38O4P2Y2-2. The molecule has 0 saturated carbocycles. The molecule has 0 spiro atoms. The fraction of sp³-hybridized carbons (Fsp3) is 0.929. The van der Waals surface area contributed by atoms with E-state index in [2.05, 4.69) is 20.8 Å². The van der Waals surface area contributed by atoms with E-state index in [0.717, 1.165) is 12.8 Å². The van der Waals surface area contributed by atoms with E-state index in [4.69, 9.17) is 4.52 Å². The van der Waals surface area contributed by atoms with Gasteiger partial charge < -0.3 is 21.4 Å². The molecule has 0 aromatic carbocycles. The van der Waals surface area contributed by atoms with Crippen LogP contribution in [0.4, 0.5) is 0 Å². The van der Waals surface area contributed by atoms with Crippen LogP contribution in [0.25, 0.3) is 0 Å². The molecule has 0 heterocycles. The Morgan fingerprint density at radius 2 is 1.14 bits per heavy atom. The molecule has 0 N–H and O–H groups in total. The first-order valence-electron chi connectivity index (χ1n) is 6.93. The Kier molecular flexibility index (Phi) is 46.5. The van der Waals surface area contributed by atoms with E-state index in [0.29, 0.717) is 6.61 Å². The molecule has 0 atom stereocenters. The smallest absolute Gasteiger partial charge is 0.197 e. The van der Waals surface area contributed by atoms with Crippen molar-refractivity contribution in [3.05, 3.63) is 7.43 Å². The topological polar surface area (TPSA) is 66.4 Å². The van der Waals surface area contributed by atoms with E-state index >= 15 is 0 Å². The summed E-state index contributed by atoms with van der Waals surface area (Å²) in [6.07, 6.45) is 6.18. The maximum atomic E-state index is 10.9. The van der Waals surface area contributed by atoms with Crippen LogP contribution in [0.3, 0.4) is 0 Å². The minimum Gasteiger partial charge on any atom is -0.800 e. The molecule has 8 heteroatoms. The number of rotatable bonds is 6. The van der Waals surface area contributed by atoms with Gasteiger partial charge in [-0.2, -0.15) is 0 Å². The Hall–Kier alpha value is 2.59. The second-order valence-electron chi connectivity index (χ2n) is 5.04. The van der Waals surface area contributed by atoms with Crippen LogP contribution >= 0.6 is 14.7 Å². The normalized spacial score (nSPS) is 9.45. The summed E-state index contributed by atoms with van der Waals surface area (Å²) >= 11 is 0. The molecule has 0 rings (SSSR count). The molecule has 0 aliphatic rings. The molecule has 0 aromatic heterocycles. The van der Waals surface area contributed by atoms with Crippen molar-refractivity contribution in [3.8, 4) is 0 Å². The summed E-state index contributed by atoms with van der Waals surface area (Å²) in [5.41, 5.74) is 0. The number of unbranched alkanes of at least 4 members (excludes halogenated alkanes) is 3. The van der Waals surface area contributed by atoms with Gasteiger partial charge in [0.2, 0.25) is 0 Å². The minimum atomic E-state index is -2.89. The van der Waals surface area contributed by atoms with Gasteiger partial charge in [0.25, 0.3) is 0 Å². The monoisotopic (exact) mass is 511 g/mol. The first kappa shape index (κ1) is 39.6. The molecule has 4 nitrogen and oxygen atoms in total. The quantitative estimate of drug-likeness (QED) is 0.283. The van der Waals surface area contributed by atoms with Crippen LogP contribution in [0, 0.1) is 7.43 Å². The van der Waals surface area contributed by atoms with Crippen LogP contribution in [0.1, 0.15) is 54.3 Å². The molecular weight excluding hydrogens is 472 g/mol. The van der Waals surface area contributed by atoms with Gasteiger partial charge >= 0.3 is 0 Å². The number of hydrogen-bond acceptors (Lipinski definition) is 4. The van der Waals surface area contributed by atoms with E-state index in [1.165, 1.54) is 32.6 Å². The van der Waals surface area contributed by atoms with Crippen molar-refractivity contribution in [2.75, 3.05) is 33.3 Å². The number of hydrogen-bond donors (Lipinski definition) is 0.